The van der Waals surface area contributed by atoms with E-state index in [1.807, 2.05) is 42.8 Å². The van der Waals surface area contributed by atoms with Crippen LogP contribution in [0, 0.1) is 17.8 Å². The molecular formula is C47H56N8O8. The first kappa shape index (κ1) is 42.2. The standard InChI is InChI=1S/C47H56N8O8/c1-23(2)38(52-45(58)61-7)43(57)55-24(3)9-16-36(55)41-49-34-15-12-26-18-32-30-13-10-27(17-29(30)22-63-37(32)19-31(26)40(34)51-41)35-20-48-44(50-35)47(5)33-14-11-28(33)21-54(47)42(56)39(25(4)60-6)53-46(59)62-8/h10,12-13,15,17-20,23-25,28,33,36,38-39H,9,11,14,16,21-22H2,1-8H3,(H,48,50)(H,49,51)(H,52,58)(H,53,59)/t24-,25+,28+,33+,36-,38-,39-,47?/m0/s1. The molecule has 3 aromatic carbocycles. The molecule has 2 aromatic heterocycles. The third-order valence-corrected chi connectivity index (χ3v) is 14.3. The molecular weight excluding hydrogens is 805 g/mol. The van der Waals surface area contributed by atoms with Gasteiger partial charge in [0.25, 0.3) is 0 Å². The number of amides is 4. The Bertz CT molecular complexity index is 2620. The molecule has 3 fully saturated rings. The molecule has 16 heteroatoms. The van der Waals surface area contributed by atoms with E-state index in [1.54, 1.807) is 6.92 Å². The predicted octanol–water partition coefficient (Wildman–Crippen LogP) is 6.94. The number of likely N-dealkylation sites (tertiary alicyclic amines) is 2. The highest BCUT2D eigenvalue weighted by Gasteiger charge is 2.59. The number of aromatic nitrogens is 4. The Kier molecular flexibility index (Phi) is 10.8. The number of rotatable bonds is 10. The second kappa shape index (κ2) is 16.2. The number of fused-ring (bicyclic) bond motifs is 7. The third kappa shape index (κ3) is 7.02. The number of carbonyl (C=O) groups excluding carboxylic acids is 4. The second-order valence-corrected chi connectivity index (χ2v) is 18.1. The van der Waals surface area contributed by atoms with Gasteiger partial charge in [-0.05, 0) is 111 Å². The minimum absolute atomic E-state index is 0.0299. The van der Waals surface area contributed by atoms with Crippen LogP contribution in [0.1, 0.15) is 83.6 Å². The minimum atomic E-state index is -0.928. The van der Waals surface area contributed by atoms with Crippen LogP contribution >= 0.6 is 0 Å². The van der Waals surface area contributed by atoms with Gasteiger partial charge in [0, 0.05) is 30.6 Å². The molecule has 1 unspecified atom stereocenters. The maximum absolute atomic E-state index is 14.3. The lowest BCUT2D eigenvalue weighted by Crippen LogP contribution is -2.58. The van der Waals surface area contributed by atoms with Crippen molar-refractivity contribution in [3.63, 3.8) is 0 Å². The van der Waals surface area contributed by atoms with Gasteiger partial charge in [0.2, 0.25) is 11.8 Å². The van der Waals surface area contributed by atoms with Crippen LogP contribution in [0.5, 0.6) is 5.75 Å². The van der Waals surface area contributed by atoms with Crippen LogP contribution in [0.15, 0.2) is 48.7 Å². The van der Waals surface area contributed by atoms with Crippen LogP contribution in [-0.4, -0.2) is 106 Å². The summed E-state index contributed by atoms with van der Waals surface area (Å²) in [7, 11) is 4.09. The number of hydrogen-bond acceptors (Lipinski definition) is 10. The van der Waals surface area contributed by atoms with Crippen LogP contribution in [0.3, 0.4) is 0 Å². The van der Waals surface area contributed by atoms with Gasteiger partial charge in [-0.25, -0.2) is 19.6 Å². The Morgan fingerprint density at radius 2 is 1.65 bits per heavy atom. The largest absolute Gasteiger partial charge is 0.488 e. The van der Waals surface area contributed by atoms with Gasteiger partial charge in [-0.2, -0.15) is 0 Å². The van der Waals surface area contributed by atoms with Crippen LogP contribution < -0.4 is 15.4 Å². The number of hydrogen-bond donors (Lipinski definition) is 4. The molecule has 16 nitrogen and oxygen atoms in total. The van der Waals surface area contributed by atoms with E-state index in [0.717, 1.165) is 81.2 Å². The average Bonchev–Trinajstić information content (AvgIpc) is 4.07. The molecule has 4 N–H and O–H groups in total. The van der Waals surface area contributed by atoms with Crippen LogP contribution in [-0.2, 0) is 35.9 Å². The summed E-state index contributed by atoms with van der Waals surface area (Å²) >= 11 is 0. The Balaban J connectivity index is 0.986. The number of aromatic amines is 2. The second-order valence-electron chi connectivity index (χ2n) is 18.1. The van der Waals surface area contributed by atoms with Crippen molar-refractivity contribution in [2.75, 3.05) is 27.9 Å². The number of ether oxygens (including phenoxy) is 4. The average molecular weight is 861 g/mol. The number of benzene rings is 3. The maximum atomic E-state index is 14.3. The Hall–Kier alpha value is -6.16. The highest BCUT2D eigenvalue weighted by atomic mass is 16.5. The topological polar surface area (TPSA) is 193 Å². The van der Waals surface area contributed by atoms with Gasteiger partial charge < -0.3 is 49.3 Å². The zero-order chi connectivity index (χ0) is 44.5. The summed E-state index contributed by atoms with van der Waals surface area (Å²) in [6.07, 6.45) is 3.49. The lowest BCUT2D eigenvalue weighted by atomic mass is 9.67. The van der Waals surface area contributed by atoms with Crippen LogP contribution in [0.25, 0.3) is 44.2 Å². The summed E-state index contributed by atoms with van der Waals surface area (Å²) in [4.78, 5) is 73.6. The molecule has 332 valence electrons. The highest BCUT2D eigenvalue weighted by Crippen LogP contribution is 2.55. The first-order valence-electron chi connectivity index (χ1n) is 21.9. The molecule has 0 spiro atoms. The zero-order valence-electron chi connectivity index (χ0n) is 37.0. The van der Waals surface area contributed by atoms with E-state index in [4.69, 9.17) is 28.9 Å². The Labute approximate surface area is 365 Å². The van der Waals surface area contributed by atoms with E-state index >= 15 is 0 Å². The molecule has 5 aromatic rings. The van der Waals surface area contributed by atoms with Crippen molar-refractivity contribution in [2.24, 2.45) is 17.8 Å². The molecule has 0 radical (unpaired) electrons. The van der Waals surface area contributed by atoms with Gasteiger partial charge in [-0.3, -0.25) is 9.59 Å². The molecule has 0 bridgehead atoms. The van der Waals surface area contributed by atoms with E-state index in [0.29, 0.717) is 30.7 Å². The Morgan fingerprint density at radius 1 is 0.889 bits per heavy atom. The summed E-state index contributed by atoms with van der Waals surface area (Å²) in [5.74, 6) is 2.21. The van der Waals surface area contributed by atoms with Gasteiger partial charge in [-0.15, -0.1) is 0 Å². The quantitative estimate of drug-likeness (QED) is 0.114. The Morgan fingerprint density at radius 3 is 2.35 bits per heavy atom. The summed E-state index contributed by atoms with van der Waals surface area (Å²) < 4.78 is 21.7. The number of methoxy groups -OCH3 is 3. The van der Waals surface area contributed by atoms with Crippen molar-refractivity contribution < 1.29 is 38.1 Å². The van der Waals surface area contributed by atoms with E-state index in [-0.39, 0.29) is 35.7 Å². The zero-order valence-corrected chi connectivity index (χ0v) is 37.0. The van der Waals surface area contributed by atoms with Gasteiger partial charge >= 0.3 is 12.2 Å². The number of H-pyrrole nitrogens is 2. The molecule has 5 heterocycles. The first-order valence-corrected chi connectivity index (χ1v) is 21.9. The van der Waals surface area contributed by atoms with Crippen molar-refractivity contribution in [3.8, 4) is 28.1 Å². The molecule has 9 rings (SSSR count). The summed E-state index contributed by atoms with van der Waals surface area (Å²) in [5.41, 5.74) is 5.83. The fourth-order valence-corrected chi connectivity index (χ4v) is 10.5. The molecule has 1 aliphatic carbocycles. The number of imidazole rings is 2. The van der Waals surface area contributed by atoms with Gasteiger partial charge in [0.1, 0.15) is 41.6 Å². The molecule has 3 aliphatic heterocycles. The normalized spacial score (nSPS) is 23.9. The predicted molar refractivity (Wildman–Crippen MR) is 234 cm³/mol. The number of nitrogens with one attached hydrogen (secondary N) is 4. The van der Waals surface area contributed by atoms with Gasteiger partial charge in [0.15, 0.2) is 0 Å². The van der Waals surface area contributed by atoms with E-state index in [1.165, 1.54) is 21.3 Å². The molecule has 1 saturated carbocycles. The molecule has 4 aliphatic rings. The lowest BCUT2D eigenvalue weighted by Gasteiger charge is -2.42. The molecule has 63 heavy (non-hydrogen) atoms. The maximum Gasteiger partial charge on any atom is 0.407 e. The van der Waals surface area contributed by atoms with Crippen molar-refractivity contribution in [1.82, 2.24) is 40.4 Å². The monoisotopic (exact) mass is 860 g/mol. The summed E-state index contributed by atoms with van der Waals surface area (Å²) in [6.45, 7) is 10.6. The van der Waals surface area contributed by atoms with E-state index < -0.39 is 35.9 Å². The number of alkyl carbamates (subject to hydrolysis) is 2. The summed E-state index contributed by atoms with van der Waals surface area (Å²) in [6, 6.07) is 12.7. The third-order valence-electron chi connectivity index (χ3n) is 14.3. The number of carbonyl (C=O) groups is 4. The smallest absolute Gasteiger partial charge is 0.407 e. The van der Waals surface area contributed by atoms with Crippen molar-refractivity contribution in [3.05, 3.63) is 65.9 Å². The SMILES string of the molecule is COC(=O)N[C@H](C(=O)N1[C@@H](C)CC[C@H]1c1nc2c(ccc3cc4c(cc32)OCc2cc(-c3cnc(C5(C)[C@@H]6CC[C@@H]6CN5C(=O)[C@@H](NC(=O)OC)[C@@H](C)OC)[nH]3)ccc2-4)[nH]1)C(C)C. The van der Waals surface area contributed by atoms with E-state index in [2.05, 4.69) is 63.9 Å². The molecule has 4 amide bonds. The lowest BCUT2D eigenvalue weighted by molar-refractivity contribution is -0.142. The number of nitrogens with zero attached hydrogens (tertiary/aromatic N) is 4. The van der Waals surface area contributed by atoms with Gasteiger partial charge in [0.05, 0.1) is 49.3 Å². The van der Waals surface area contributed by atoms with Crippen molar-refractivity contribution in [2.45, 2.75) is 103 Å². The molecule has 8 atom stereocenters. The van der Waals surface area contributed by atoms with Gasteiger partial charge in [-0.1, -0.05) is 32.0 Å². The minimum Gasteiger partial charge on any atom is -0.488 e. The van der Waals surface area contributed by atoms with Crippen LogP contribution in [0.4, 0.5) is 9.59 Å². The fraction of sp³-hybridized carbons (Fsp3) is 0.489. The highest BCUT2D eigenvalue weighted by molar-refractivity contribution is 6.07. The summed E-state index contributed by atoms with van der Waals surface area (Å²) in [5, 5.41) is 7.39. The molecule has 2 saturated heterocycles. The van der Waals surface area contributed by atoms with Crippen molar-refractivity contribution in [1.29, 1.82) is 0 Å². The van der Waals surface area contributed by atoms with Crippen molar-refractivity contribution >= 4 is 45.8 Å². The van der Waals surface area contributed by atoms with E-state index in [9.17, 15) is 19.2 Å². The fourth-order valence-electron chi connectivity index (χ4n) is 10.5. The van der Waals surface area contributed by atoms with Crippen LogP contribution in [0.2, 0.25) is 0 Å². The first-order chi connectivity index (χ1) is 30.2.